The van der Waals surface area contributed by atoms with Gasteiger partial charge in [-0.2, -0.15) is 0 Å². The van der Waals surface area contributed by atoms with E-state index in [0.29, 0.717) is 13.0 Å². The molecule has 4 atom stereocenters. The van der Waals surface area contributed by atoms with Gasteiger partial charge in [-0.05, 0) is 46.9 Å². The Morgan fingerprint density at radius 3 is 2.26 bits per heavy atom. The minimum atomic E-state index is -1.01. The first-order chi connectivity index (χ1) is 16.8. The molecule has 7 nitrogen and oxygen atoms in total. The van der Waals surface area contributed by atoms with E-state index in [9.17, 15) is 19.5 Å². The van der Waals surface area contributed by atoms with Crippen molar-refractivity contribution in [2.45, 2.75) is 58.0 Å². The van der Waals surface area contributed by atoms with E-state index in [0.717, 1.165) is 35.1 Å². The summed E-state index contributed by atoms with van der Waals surface area (Å²) in [5.41, 5.74) is 4.51. The van der Waals surface area contributed by atoms with E-state index in [1.165, 1.54) is 4.90 Å². The van der Waals surface area contributed by atoms with Crippen molar-refractivity contribution in [2.24, 2.45) is 11.8 Å². The molecule has 1 heterocycles. The van der Waals surface area contributed by atoms with Gasteiger partial charge in [-0.1, -0.05) is 75.7 Å². The van der Waals surface area contributed by atoms with Crippen LogP contribution in [0.3, 0.4) is 0 Å². The van der Waals surface area contributed by atoms with Gasteiger partial charge in [-0.15, -0.1) is 0 Å². The third kappa shape index (κ3) is 4.90. The number of likely N-dealkylation sites (tertiary alicyclic amines) is 1. The summed E-state index contributed by atoms with van der Waals surface area (Å²) in [6.45, 7) is 6.21. The van der Waals surface area contributed by atoms with Gasteiger partial charge in [0.15, 0.2) is 0 Å². The summed E-state index contributed by atoms with van der Waals surface area (Å²) in [6, 6.07) is 14.5. The lowest BCUT2D eigenvalue weighted by Gasteiger charge is -2.40. The van der Waals surface area contributed by atoms with E-state index in [2.05, 4.69) is 29.6 Å². The van der Waals surface area contributed by atoms with Crippen LogP contribution < -0.4 is 5.32 Å². The molecule has 1 fully saturated rings. The highest BCUT2D eigenvalue weighted by molar-refractivity contribution is 5.90. The van der Waals surface area contributed by atoms with Crippen molar-refractivity contribution in [3.05, 3.63) is 59.7 Å². The number of hydrogen-bond donors (Lipinski definition) is 2. The van der Waals surface area contributed by atoms with Crippen LogP contribution in [0.25, 0.3) is 11.1 Å². The Kier molecular flexibility index (Phi) is 7.43. The predicted octanol–water partition coefficient (Wildman–Crippen LogP) is 4.65. The Labute approximate surface area is 206 Å². The van der Waals surface area contributed by atoms with E-state index in [-0.39, 0.29) is 30.3 Å². The van der Waals surface area contributed by atoms with Gasteiger partial charge in [-0.3, -0.25) is 4.79 Å². The van der Waals surface area contributed by atoms with E-state index in [4.69, 9.17) is 4.74 Å². The molecular weight excluding hydrogens is 444 g/mol. The molecule has 1 aliphatic heterocycles. The van der Waals surface area contributed by atoms with Crippen LogP contribution in [0.4, 0.5) is 4.79 Å². The molecule has 2 N–H and O–H groups in total. The maximum absolute atomic E-state index is 13.5. The molecule has 0 bridgehead atoms. The van der Waals surface area contributed by atoms with Crippen LogP contribution in [-0.2, 0) is 14.3 Å². The summed E-state index contributed by atoms with van der Waals surface area (Å²) in [5.74, 6) is -1.75. The zero-order valence-electron chi connectivity index (χ0n) is 20.6. The summed E-state index contributed by atoms with van der Waals surface area (Å²) in [7, 11) is 0. The van der Waals surface area contributed by atoms with Crippen molar-refractivity contribution in [3.8, 4) is 11.1 Å². The number of hydrogen-bond acceptors (Lipinski definition) is 4. The molecule has 2 aromatic carbocycles. The highest BCUT2D eigenvalue weighted by Crippen LogP contribution is 2.44. The molecule has 186 valence electrons. The van der Waals surface area contributed by atoms with Crippen molar-refractivity contribution in [2.75, 3.05) is 13.2 Å². The normalized spacial score (nSPS) is 20.9. The number of carboxylic acid groups (broad SMARTS) is 1. The van der Waals surface area contributed by atoms with Crippen LogP contribution in [0, 0.1) is 11.8 Å². The molecule has 4 rings (SSSR count). The quantitative estimate of drug-likeness (QED) is 0.604. The van der Waals surface area contributed by atoms with Gasteiger partial charge in [0, 0.05) is 12.5 Å². The topological polar surface area (TPSA) is 95.9 Å². The van der Waals surface area contributed by atoms with Crippen molar-refractivity contribution < 1.29 is 24.2 Å². The zero-order valence-corrected chi connectivity index (χ0v) is 20.6. The molecule has 7 heteroatoms. The SMILES string of the molecule is CCC(C)C(NC(=O)OCC1c2ccccc2-c2ccccc21)C(=O)N1CCCC(C)C1C(=O)O. The average Bonchev–Trinajstić information content (AvgIpc) is 3.18. The number of rotatable bonds is 7. The number of aliphatic carboxylic acids is 1. The zero-order chi connectivity index (χ0) is 25.1. The summed E-state index contributed by atoms with van der Waals surface area (Å²) in [5, 5.41) is 12.5. The smallest absolute Gasteiger partial charge is 0.407 e. The third-order valence-corrected chi connectivity index (χ3v) is 7.57. The first-order valence-electron chi connectivity index (χ1n) is 12.5. The van der Waals surface area contributed by atoms with Gasteiger partial charge in [0.1, 0.15) is 18.7 Å². The molecule has 35 heavy (non-hydrogen) atoms. The number of piperidine rings is 1. The van der Waals surface area contributed by atoms with Gasteiger partial charge in [0.2, 0.25) is 5.91 Å². The van der Waals surface area contributed by atoms with E-state index in [1.807, 2.05) is 45.0 Å². The molecule has 0 saturated carbocycles. The number of ether oxygens (including phenoxy) is 1. The highest BCUT2D eigenvalue weighted by Gasteiger charge is 2.41. The summed E-state index contributed by atoms with van der Waals surface area (Å²) in [6.07, 6.45) is 1.49. The molecule has 1 saturated heterocycles. The molecule has 0 aromatic heterocycles. The van der Waals surface area contributed by atoms with Gasteiger partial charge >= 0.3 is 12.1 Å². The first-order valence-corrected chi connectivity index (χ1v) is 12.5. The Morgan fingerprint density at radius 1 is 1.09 bits per heavy atom. The highest BCUT2D eigenvalue weighted by atomic mass is 16.5. The summed E-state index contributed by atoms with van der Waals surface area (Å²) in [4.78, 5) is 39.7. The fourth-order valence-electron chi connectivity index (χ4n) is 5.44. The van der Waals surface area contributed by atoms with Crippen LogP contribution in [0.1, 0.15) is 57.1 Å². The van der Waals surface area contributed by atoms with Crippen LogP contribution >= 0.6 is 0 Å². The maximum Gasteiger partial charge on any atom is 0.407 e. The fourth-order valence-corrected chi connectivity index (χ4v) is 5.44. The van der Waals surface area contributed by atoms with E-state index >= 15 is 0 Å². The summed E-state index contributed by atoms with van der Waals surface area (Å²) < 4.78 is 5.66. The maximum atomic E-state index is 13.5. The molecule has 0 radical (unpaired) electrons. The first kappa shape index (κ1) is 24.8. The van der Waals surface area contributed by atoms with Crippen LogP contribution in [0.5, 0.6) is 0 Å². The Balaban J connectivity index is 1.47. The third-order valence-electron chi connectivity index (χ3n) is 7.57. The second kappa shape index (κ2) is 10.5. The fraction of sp³-hybridized carbons (Fsp3) is 0.464. The number of carbonyl (C=O) groups is 3. The number of benzene rings is 2. The lowest BCUT2D eigenvalue weighted by atomic mass is 9.89. The number of nitrogens with one attached hydrogen (secondary N) is 1. The standard InChI is InChI=1S/C28H34N2O5/c1-4-17(2)24(26(31)30-15-9-10-18(3)25(30)27(32)33)29-28(34)35-16-23-21-13-7-5-11-19(21)20-12-6-8-14-22(20)23/h5-8,11-14,17-18,23-25H,4,9-10,15-16H2,1-3H3,(H,29,34)(H,32,33). The lowest BCUT2D eigenvalue weighted by molar-refractivity contribution is -0.156. The number of carbonyl (C=O) groups excluding carboxylic acids is 2. The molecule has 2 aromatic rings. The van der Waals surface area contributed by atoms with Crippen molar-refractivity contribution >= 4 is 18.0 Å². The van der Waals surface area contributed by atoms with Crippen molar-refractivity contribution in [3.63, 3.8) is 0 Å². The number of carboxylic acids is 1. The second-order valence-corrected chi connectivity index (χ2v) is 9.77. The van der Waals surface area contributed by atoms with Gasteiger partial charge in [-0.25, -0.2) is 9.59 Å². The van der Waals surface area contributed by atoms with Crippen LogP contribution in [0.2, 0.25) is 0 Å². The molecular formula is C28H34N2O5. The average molecular weight is 479 g/mol. The number of fused-ring (bicyclic) bond motifs is 3. The minimum absolute atomic E-state index is 0.0785. The van der Waals surface area contributed by atoms with Crippen molar-refractivity contribution in [1.82, 2.24) is 10.2 Å². The lowest BCUT2D eigenvalue weighted by Crippen LogP contribution is -2.59. The molecule has 2 amide bonds. The van der Waals surface area contributed by atoms with E-state index < -0.39 is 24.1 Å². The minimum Gasteiger partial charge on any atom is -0.480 e. The number of nitrogens with zero attached hydrogens (tertiary/aromatic N) is 1. The Morgan fingerprint density at radius 2 is 1.69 bits per heavy atom. The van der Waals surface area contributed by atoms with E-state index in [1.54, 1.807) is 0 Å². The van der Waals surface area contributed by atoms with Gasteiger partial charge in [0.05, 0.1) is 0 Å². The molecule has 1 aliphatic carbocycles. The predicted molar refractivity (Wildman–Crippen MR) is 133 cm³/mol. The van der Waals surface area contributed by atoms with Gasteiger partial charge < -0.3 is 20.1 Å². The number of amides is 2. The van der Waals surface area contributed by atoms with Gasteiger partial charge in [0.25, 0.3) is 0 Å². The second-order valence-electron chi connectivity index (χ2n) is 9.77. The van der Waals surface area contributed by atoms with Crippen LogP contribution in [0.15, 0.2) is 48.5 Å². The van der Waals surface area contributed by atoms with Crippen LogP contribution in [-0.4, -0.2) is 53.2 Å². The van der Waals surface area contributed by atoms with Crippen molar-refractivity contribution in [1.29, 1.82) is 0 Å². The molecule has 4 unspecified atom stereocenters. The molecule has 0 spiro atoms. The Hall–Kier alpha value is -3.35. The Bertz CT molecular complexity index is 1050. The summed E-state index contributed by atoms with van der Waals surface area (Å²) >= 11 is 0. The monoisotopic (exact) mass is 478 g/mol. The largest absolute Gasteiger partial charge is 0.480 e. The number of alkyl carbamates (subject to hydrolysis) is 1. The molecule has 2 aliphatic rings.